The van der Waals surface area contributed by atoms with Gasteiger partial charge in [0.25, 0.3) is 0 Å². The fraction of sp³-hybridized carbons (Fsp3) is 0.143. The van der Waals surface area contributed by atoms with Crippen molar-refractivity contribution >= 4 is 72.4 Å². The number of nitrogens with zero attached hydrogens (tertiary/aromatic N) is 2. The van der Waals surface area contributed by atoms with Gasteiger partial charge >= 0.3 is 0 Å². The summed E-state index contributed by atoms with van der Waals surface area (Å²) in [6.07, 6.45) is 2.39. The first-order valence-electron chi connectivity index (χ1n) is 21.2. The van der Waals surface area contributed by atoms with Crippen LogP contribution in [0.25, 0.3) is 55.0 Å². The van der Waals surface area contributed by atoms with Crippen LogP contribution >= 0.6 is 0 Å². The third kappa shape index (κ3) is 5.31. The van der Waals surface area contributed by atoms with Gasteiger partial charge in [0.2, 0.25) is 0 Å². The van der Waals surface area contributed by atoms with E-state index in [0.717, 1.165) is 5.69 Å². The molecule has 0 unspecified atom stereocenters. The highest BCUT2D eigenvalue weighted by Crippen LogP contribution is 2.45. The predicted molar refractivity (Wildman–Crippen MR) is 254 cm³/mol. The average molecular weight is 777 g/mol. The van der Waals surface area contributed by atoms with Crippen LogP contribution in [0.1, 0.15) is 51.7 Å². The molecule has 1 aliphatic carbocycles. The molecular formula is C56H48N2Si. The van der Waals surface area contributed by atoms with Gasteiger partial charge in [0.05, 0.1) is 27.8 Å². The maximum atomic E-state index is 2.62. The van der Waals surface area contributed by atoms with Crippen LogP contribution in [0.3, 0.4) is 0 Å². The lowest BCUT2D eigenvalue weighted by Gasteiger charge is -2.43. The first kappa shape index (κ1) is 35.7. The number of hydrogen-bond acceptors (Lipinski definition) is 0. The summed E-state index contributed by atoms with van der Waals surface area (Å²) in [7, 11) is -2.79. The number of para-hydroxylation sites is 3. The maximum absolute atomic E-state index is 2.79. The van der Waals surface area contributed by atoms with Crippen molar-refractivity contribution in [3.63, 3.8) is 0 Å². The van der Waals surface area contributed by atoms with Crippen LogP contribution in [0.15, 0.2) is 194 Å². The van der Waals surface area contributed by atoms with Crippen LogP contribution in [-0.2, 0) is 10.8 Å². The number of rotatable bonds is 6. The van der Waals surface area contributed by atoms with Crippen molar-refractivity contribution in [3.05, 3.63) is 205 Å². The molecule has 2 heterocycles. The molecule has 1 aliphatic rings. The molecule has 10 aromatic rings. The Kier molecular flexibility index (Phi) is 8.06. The number of fused-ring (bicyclic) bond motifs is 7. The van der Waals surface area contributed by atoms with Crippen molar-refractivity contribution in [1.29, 1.82) is 0 Å². The summed E-state index contributed by atoms with van der Waals surface area (Å²) in [5.74, 6) is 0. The summed E-state index contributed by atoms with van der Waals surface area (Å²) in [4.78, 5) is 0. The Bertz CT molecular complexity index is 3110. The Morgan fingerprint density at radius 3 is 1.42 bits per heavy atom. The molecule has 2 aromatic heterocycles. The molecule has 0 radical (unpaired) electrons. The highest BCUT2D eigenvalue weighted by atomic mass is 28.3. The molecule has 0 bridgehead atoms. The van der Waals surface area contributed by atoms with E-state index in [9.17, 15) is 0 Å². The molecule has 0 saturated carbocycles. The molecule has 0 aliphatic heterocycles. The SMILES string of the molecule is CC1(C)CCC(C)(C)c2cc([Si](c3ccccc3)(c3ccccc3)c3ccc(-n4c5ccccc5c5c(-n6c7ccccc7c7ccccc76)cccc54)cc3)ccc21. The zero-order chi connectivity index (χ0) is 39.9. The number of aromatic nitrogens is 2. The summed E-state index contributed by atoms with van der Waals surface area (Å²) in [6.45, 7) is 9.76. The molecule has 2 nitrogen and oxygen atoms in total. The monoisotopic (exact) mass is 776 g/mol. The van der Waals surface area contributed by atoms with Crippen LogP contribution in [0.4, 0.5) is 0 Å². The molecule has 0 amide bonds. The van der Waals surface area contributed by atoms with Crippen molar-refractivity contribution in [2.75, 3.05) is 0 Å². The predicted octanol–water partition coefficient (Wildman–Crippen LogP) is 11.6. The van der Waals surface area contributed by atoms with E-state index < -0.39 is 8.07 Å². The van der Waals surface area contributed by atoms with E-state index in [-0.39, 0.29) is 10.8 Å². The molecule has 0 fully saturated rings. The Hall–Kier alpha value is -6.42. The lowest BCUT2D eigenvalue weighted by Crippen LogP contribution is -2.74. The van der Waals surface area contributed by atoms with Gasteiger partial charge < -0.3 is 9.13 Å². The molecule has 0 N–H and O–H groups in total. The third-order valence-corrected chi connectivity index (χ3v) is 18.5. The third-order valence-electron chi connectivity index (χ3n) is 13.8. The van der Waals surface area contributed by atoms with E-state index in [1.54, 1.807) is 0 Å². The van der Waals surface area contributed by atoms with Crippen molar-refractivity contribution < 1.29 is 0 Å². The summed E-state index contributed by atoms with van der Waals surface area (Å²) in [5.41, 5.74) is 10.5. The van der Waals surface area contributed by atoms with E-state index >= 15 is 0 Å². The van der Waals surface area contributed by atoms with Crippen LogP contribution in [0, 0.1) is 0 Å². The summed E-state index contributed by atoms with van der Waals surface area (Å²) >= 11 is 0. The van der Waals surface area contributed by atoms with Gasteiger partial charge in [-0.15, -0.1) is 0 Å². The molecule has 286 valence electrons. The molecule has 0 spiro atoms. The van der Waals surface area contributed by atoms with Crippen LogP contribution in [0.5, 0.6) is 0 Å². The van der Waals surface area contributed by atoms with Gasteiger partial charge in [-0.2, -0.15) is 0 Å². The van der Waals surface area contributed by atoms with Crippen molar-refractivity contribution in [2.45, 2.75) is 51.4 Å². The fourth-order valence-corrected chi connectivity index (χ4v) is 15.5. The highest BCUT2D eigenvalue weighted by molar-refractivity contribution is 7.19. The average Bonchev–Trinajstić information content (AvgIpc) is 3.80. The Morgan fingerprint density at radius 1 is 0.373 bits per heavy atom. The van der Waals surface area contributed by atoms with E-state index in [2.05, 4.69) is 231 Å². The van der Waals surface area contributed by atoms with E-state index in [0.29, 0.717) is 0 Å². The molecule has 3 heteroatoms. The second-order valence-corrected chi connectivity index (χ2v) is 21.8. The van der Waals surface area contributed by atoms with Gasteiger partial charge in [-0.3, -0.25) is 0 Å². The van der Waals surface area contributed by atoms with Gasteiger partial charge in [0, 0.05) is 27.2 Å². The van der Waals surface area contributed by atoms with Crippen molar-refractivity contribution in [2.24, 2.45) is 0 Å². The van der Waals surface area contributed by atoms with Gasteiger partial charge in [0.15, 0.2) is 8.07 Å². The molecule has 8 aromatic carbocycles. The lowest BCUT2D eigenvalue weighted by molar-refractivity contribution is 0.332. The van der Waals surface area contributed by atoms with Crippen molar-refractivity contribution in [1.82, 2.24) is 9.13 Å². The minimum absolute atomic E-state index is 0.104. The van der Waals surface area contributed by atoms with Crippen LogP contribution < -0.4 is 20.7 Å². The fourth-order valence-electron chi connectivity index (χ4n) is 10.7. The largest absolute Gasteiger partial charge is 0.309 e. The lowest BCUT2D eigenvalue weighted by atomic mass is 9.63. The van der Waals surface area contributed by atoms with Gasteiger partial charge in [-0.05, 0) is 98.0 Å². The van der Waals surface area contributed by atoms with Crippen LogP contribution in [0.2, 0.25) is 0 Å². The van der Waals surface area contributed by atoms with Crippen molar-refractivity contribution in [3.8, 4) is 11.4 Å². The molecule has 11 rings (SSSR count). The minimum atomic E-state index is -2.79. The number of hydrogen-bond donors (Lipinski definition) is 0. The first-order valence-corrected chi connectivity index (χ1v) is 23.2. The molecule has 59 heavy (non-hydrogen) atoms. The maximum Gasteiger partial charge on any atom is 0.179 e. The summed E-state index contributed by atoms with van der Waals surface area (Å²) in [5, 5.41) is 10.7. The Morgan fingerprint density at radius 2 is 0.831 bits per heavy atom. The van der Waals surface area contributed by atoms with Gasteiger partial charge in [-0.25, -0.2) is 0 Å². The number of benzene rings is 8. The van der Waals surface area contributed by atoms with E-state index in [4.69, 9.17) is 0 Å². The van der Waals surface area contributed by atoms with E-state index in [1.807, 2.05) is 0 Å². The van der Waals surface area contributed by atoms with E-state index in [1.165, 1.54) is 94.0 Å². The summed E-state index contributed by atoms with van der Waals surface area (Å²) < 4.78 is 4.94. The second kappa shape index (κ2) is 13.3. The molecule has 0 saturated heterocycles. The molecular weight excluding hydrogens is 729 g/mol. The highest BCUT2D eigenvalue weighted by Gasteiger charge is 2.44. The quantitative estimate of drug-likeness (QED) is 0.118. The zero-order valence-corrected chi connectivity index (χ0v) is 35.3. The topological polar surface area (TPSA) is 9.86 Å². The first-order chi connectivity index (χ1) is 28.8. The van der Waals surface area contributed by atoms with Crippen LogP contribution in [-0.4, -0.2) is 17.2 Å². The standard InChI is InChI=1S/C56H48N2Si/c1-55(2)36-37-56(3,4)48-38-43(34-35-47(48)55)59(40-18-7-5-8-19-40,41-20-9-6-10-21-41)42-32-30-39(31-33-42)57-51-27-16-13-24-46(51)54-52(57)28-17-29-53(54)58-49-25-14-11-22-44(49)45-23-12-15-26-50(45)58/h5-35,38H,36-37H2,1-4H3. The van der Waals surface area contributed by atoms with Gasteiger partial charge in [0.1, 0.15) is 0 Å². The minimum Gasteiger partial charge on any atom is -0.309 e. The van der Waals surface area contributed by atoms with Gasteiger partial charge in [-0.1, -0.05) is 179 Å². The molecule has 0 atom stereocenters. The summed E-state index contributed by atoms with van der Waals surface area (Å²) in [6, 6.07) is 73.4. The second-order valence-electron chi connectivity index (χ2n) is 18.0. The normalized spacial score (nSPS) is 14.9. The zero-order valence-electron chi connectivity index (χ0n) is 34.3. The Balaban J connectivity index is 1.15. The Labute approximate surface area is 348 Å². The smallest absolute Gasteiger partial charge is 0.179 e.